The molecule has 1 aromatic carbocycles. The number of halogens is 2. The van der Waals surface area contributed by atoms with Crippen molar-refractivity contribution in [3.63, 3.8) is 0 Å². The number of benzene rings is 1. The molecular formula is C15H15Cl2N3O2S. The molecule has 1 aromatic rings. The van der Waals surface area contributed by atoms with Crippen molar-refractivity contribution in [2.24, 2.45) is 4.99 Å². The zero-order valence-corrected chi connectivity index (χ0v) is 14.5. The summed E-state index contributed by atoms with van der Waals surface area (Å²) in [4.78, 5) is 30.9. The molecule has 2 heterocycles. The molecule has 0 spiro atoms. The lowest BCUT2D eigenvalue weighted by Crippen LogP contribution is -2.47. The van der Waals surface area contributed by atoms with Crippen molar-refractivity contribution >= 4 is 51.9 Å². The van der Waals surface area contributed by atoms with Crippen molar-refractivity contribution in [3.8, 4) is 0 Å². The minimum Gasteiger partial charge on any atom is -0.327 e. The van der Waals surface area contributed by atoms with E-state index in [1.54, 1.807) is 23.1 Å². The van der Waals surface area contributed by atoms with E-state index in [2.05, 4.69) is 10.3 Å². The summed E-state index contributed by atoms with van der Waals surface area (Å²) in [5.74, 6) is 0.467. The van der Waals surface area contributed by atoms with E-state index in [4.69, 9.17) is 23.2 Å². The van der Waals surface area contributed by atoms with Gasteiger partial charge in [0, 0.05) is 27.9 Å². The van der Waals surface area contributed by atoms with Gasteiger partial charge in [-0.2, -0.15) is 0 Å². The van der Waals surface area contributed by atoms with E-state index in [9.17, 15) is 9.59 Å². The number of carbonyl (C=O) groups is 2. The van der Waals surface area contributed by atoms with E-state index in [0.717, 1.165) is 12.2 Å². The molecular weight excluding hydrogens is 357 g/mol. The van der Waals surface area contributed by atoms with Crippen LogP contribution in [0.1, 0.15) is 23.2 Å². The molecule has 2 aliphatic heterocycles. The summed E-state index contributed by atoms with van der Waals surface area (Å²) in [5, 5.41) is 4.25. The van der Waals surface area contributed by atoms with Gasteiger partial charge < -0.3 is 10.2 Å². The molecule has 122 valence electrons. The van der Waals surface area contributed by atoms with Crippen LogP contribution in [0.25, 0.3) is 0 Å². The van der Waals surface area contributed by atoms with E-state index >= 15 is 0 Å². The summed E-state index contributed by atoms with van der Waals surface area (Å²) in [7, 11) is 0. The number of carbonyl (C=O) groups excluding carboxylic acids is 2. The Morgan fingerprint density at radius 3 is 2.65 bits per heavy atom. The molecule has 8 heteroatoms. The van der Waals surface area contributed by atoms with Crippen LogP contribution in [0.5, 0.6) is 0 Å². The third kappa shape index (κ3) is 3.82. The van der Waals surface area contributed by atoms with Crippen LogP contribution in [0, 0.1) is 0 Å². The van der Waals surface area contributed by atoms with Gasteiger partial charge in [-0.05, 0) is 31.0 Å². The summed E-state index contributed by atoms with van der Waals surface area (Å²) >= 11 is 13.4. The second-order valence-corrected chi connectivity index (χ2v) is 7.30. The number of rotatable bonds is 2. The molecule has 2 amide bonds. The first-order chi connectivity index (χ1) is 11.0. The minimum absolute atomic E-state index is 0.183. The third-order valence-electron chi connectivity index (χ3n) is 3.74. The molecule has 0 unspecified atom stereocenters. The van der Waals surface area contributed by atoms with Crippen LogP contribution in [0.15, 0.2) is 23.2 Å². The summed E-state index contributed by atoms with van der Waals surface area (Å²) in [5.41, 5.74) is 0.398. The number of hydrogen-bond donors (Lipinski definition) is 1. The lowest BCUT2D eigenvalue weighted by atomic mass is 10.1. The van der Waals surface area contributed by atoms with E-state index in [-0.39, 0.29) is 11.8 Å². The van der Waals surface area contributed by atoms with Crippen molar-refractivity contribution in [3.05, 3.63) is 33.8 Å². The molecule has 1 fully saturated rings. The monoisotopic (exact) mass is 371 g/mol. The highest BCUT2D eigenvalue weighted by Gasteiger charge is 2.35. The SMILES string of the molecule is O=C(NC1=NCCS1)[C@@H]1CCCN1C(=O)c1cc(Cl)cc(Cl)c1. The van der Waals surface area contributed by atoms with Crippen LogP contribution in [-0.4, -0.2) is 46.8 Å². The lowest BCUT2D eigenvalue weighted by Gasteiger charge is -2.24. The standard InChI is InChI=1S/C15H15Cl2N3O2S/c16-10-6-9(7-11(17)8-10)14(22)20-4-1-2-12(20)13(21)19-15-18-3-5-23-15/h6-8,12H,1-5H2,(H,18,19,21)/t12-/m0/s1. The molecule has 0 aromatic heterocycles. The first-order valence-corrected chi connectivity index (χ1v) is 9.04. The maximum absolute atomic E-state index is 12.7. The second kappa shape index (κ2) is 7.11. The molecule has 2 aliphatic rings. The maximum Gasteiger partial charge on any atom is 0.254 e. The van der Waals surface area contributed by atoms with Gasteiger partial charge in [0.25, 0.3) is 5.91 Å². The average molecular weight is 372 g/mol. The van der Waals surface area contributed by atoms with E-state index in [1.165, 1.54) is 11.8 Å². The molecule has 0 saturated carbocycles. The quantitative estimate of drug-likeness (QED) is 0.869. The van der Waals surface area contributed by atoms with Gasteiger partial charge in [0.15, 0.2) is 5.17 Å². The molecule has 0 radical (unpaired) electrons. The third-order valence-corrected chi connectivity index (χ3v) is 5.07. The Morgan fingerprint density at radius 1 is 1.26 bits per heavy atom. The van der Waals surface area contributed by atoms with Gasteiger partial charge in [0.1, 0.15) is 6.04 Å². The van der Waals surface area contributed by atoms with Crippen LogP contribution in [-0.2, 0) is 4.79 Å². The van der Waals surface area contributed by atoms with Crippen LogP contribution >= 0.6 is 35.0 Å². The summed E-state index contributed by atoms with van der Waals surface area (Å²) in [6, 6.07) is 4.23. The Morgan fingerprint density at radius 2 is 2.00 bits per heavy atom. The van der Waals surface area contributed by atoms with Gasteiger partial charge in [0.05, 0.1) is 6.54 Å². The summed E-state index contributed by atoms with van der Waals surface area (Å²) < 4.78 is 0. The van der Waals surface area contributed by atoms with Gasteiger partial charge in [-0.25, -0.2) is 0 Å². The Balaban J connectivity index is 1.75. The van der Waals surface area contributed by atoms with Gasteiger partial charge in [-0.1, -0.05) is 35.0 Å². The molecule has 5 nitrogen and oxygen atoms in total. The Labute approximate surface area is 148 Å². The number of amidine groups is 1. The predicted molar refractivity (Wildman–Crippen MR) is 93.4 cm³/mol. The van der Waals surface area contributed by atoms with E-state index in [1.807, 2.05) is 0 Å². The Kier molecular flexibility index (Phi) is 5.14. The van der Waals surface area contributed by atoms with E-state index in [0.29, 0.717) is 40.3 Å². The highest BCUT2D eigenvalue weighted by molar-refractivity contribution is 8.14. The lowest BCUT2D eigenvalue weighted by molar-refractivity contribution is -0.123. The highest BCUT2D eigenvalue weighted by Crippen LogP contribution is 2.24. The van der Waals surface area contributed by atoms with Gasteiger partial charge >= 0.3 is 0 Å². The normalized spacial score (nSPS) is 20.5. The largest absolute Gasteiger partial charge is 0.327 e. The molecule has 1 atom stereocenters. The number of likely N-dealkylation sites (tertiary alicyclic amines) is 1. The fraction of sp³-hybridized carbons (Fsp3) is 0.400. The molecule has 1 saturated heterocycles. The topological polar surface area (TPSA) is 61.8 Å². The van der Waals surface area contributed by atoms with E-state index < -0.39 is 6.04 Å². The maximum atomic E-state index is 12.7. The molecule has 23 heavy (non-hydrogen) atoms. The Hall–Kier alpha value is -1.24. The van der Waals surface area contributed by atoms with Crippen molar-refractivity contribution in [2.45, 2.75) is 18.9 Å². The molecule has 3 rings (SSSR count). The number of nitrogens with one attached hydrogen (secondary N) is 1. The van der Waals surface area contributed by atoms with Crippen LogP contribution in [0.3, 0.4) is 0 Å². The van der Waals surface area contributed by atoms with Crippen molar-refractivity contribution < 1.29 is 9.59 Å². The van der Waals surface area contributed by atoms with Crippen LogP contribution < -0.4 is 5.32 Å². The molecule has 1 N–H and O–H groups in total. The van der Waals surface area contributed by atoms with Crippen LogP contribution in [0.2, 0.25) is 10.0 Å². The minimum atomic E-state index is -0.482. The fourth-order valence-electron chi connectivity index (χ4n) is 2.72. The number of thioether (sulfide) groups is 1. The number of aliphatic imine (C=N–C) groups is 1. The van der Waals surface area contributed by atoms with Crippen molar-refractivity contribution in [2.75, 3.05) is 18.8 Å². The van der Waals surface area contributed by atoms with Gasteiger partial charge in [0.2, 0.25) is 5.91 Å². The molecule has 0 bridgehead atoms. The number of nitrogens with zero attached hydrogens (tertiary/aromatic N) is 2. The number of hydrogen-bond acceptors (Lipinski definition) is 4. The Bertz CT molecular complexity index is 660. The zero-order chi connectivity index (χ0) is 16.4. The van der Waals surface area contributed by atoms with Crippen molar-refractivity contribution in [1.82, 2.24) is 10.2 Å². The molecule has 0 aliphatic carbocycles. The zero-order valence-electron chi connectivity index (χ0n) is 12.2. The summed E-state index contributed by atoms with van der Waals surface area (Å²) in [6.07, 6.45) is 1.43. The highest BCUT2D eigenvalue weighted by atomic mass is 35.5. The number of amides is 2. The fourth-order valence-corrected chi connectivity index (χ4v) is 3.98. The van der Waals surface area contributed by atoms with Gasteiger partial charge in [-0.15, -0.1) is 0 Å². The smallest absolute Gasteiger partial charge is 0.254 e. The van der Waals surface area contributed by atoms with Crippen molar-refractivity contribution in [1.29, 1.82) is 0 Å². The first kappa shape index (κ1) is 16.6. The van der Waals surface area contributed by atoms with Gasteiger partial charge in [-0.3, -0.25) is 14.6 Å². The first-order valence-electron chi connectivity index (χ1n) is 7.30. The predicted octanol–water partition coefficient (Wildman–Crippen LogP) is 2.82. The van der Waals surface area contributed by atoms with Crippen LogP contribution in [0.4, 0.5) is 0 Å². The second-order valence-electron chi connectivity index (χ2n) is 5.34. The summed E-state index contributed by atoms with van der Waals surface area (Å²) in [6.45, 7) is 1.26. The average Bonchev–Trinajstić information content (AvgIpc) is 3.16.